The molecule has 1 aromatic heterocycles. The molecule has 1 aliphatic carbocycles. The van der Waals surface area contributed by atoms with Crippen molar-refractivity contribution in [1.82, 2.24) is 10.3 Å². The average Bonchev–Trinajstić information content (AvgIpc) is 3.41. The maximum atomic E-state index is 13.3. The van der Waals surface area contributed by atoms with E-state index in [-0.39, 0.29) is 23.4 Å². The van der Waals surface area contributed by atoms with Gasteiger partial charge in [-0.1, -0.05) is 12.1 Å². The van der Waals surface area contributed by atoms with Crippen LogP contribution in [0.1, 0.15) is 60.5 Å². The highest BCUT2D eigenvalue weighted by molar-refractivity contribution is 7.92. The molecule has 12 heteroatoms. The first-order chi connectivity index (χ1) is 16.9. The number of aromatic nitrogens is 1. The van der Waals surface area contributed by atoms with E-state index >= 15 is 0 Å². The fraction of sp³-hybridized carbons (Fsp3) is 0.500. The van der Waals surface area contributed by atoms with Crippen LogP contribution >= 0.6 is 0 Å². The number of aliphatic hydroxyl groups is 1. The summed E-state index contributed by atoms with van der Waals surface area (Å²) in [6, 6.07) is 6.81. The first kappa shape index (κ1) is 26.2. The van der Waals surface area contributed by atoms with Gasteiger partial charge in [0, 0.05) is 24.6 Å². The molecule has 0 bridgehead atoms. The van der Waals surface area contributed by atoms with Crippen molar-refractivity contribution in [2.45, 2.75) is 50.9 Å². The second kappa shape index (κ2) is 9.89. The zero-order valence-corrected chi connectivity index (χ0v) is 20.8. The molecular formula is C24H29F3N4O4S. The number of rotatable bonds is 8. The molecule has 0 spiro atoms. The molecule has 2 aliphatic rings. The largest absolute Gasteiger partial charge is 0.433 e. The number of aliphatic hydroxyl groups excluding tert-OH is 1. The highest BCUT2D eigenvalue weighted by atomic mass is 32.2. The first-order valence-corrected chi connectivity index (χ1v) is 13.6. The standard InChI is InChI=1S/C24H29F3N4O4S/c1-14(15-5-7-20(16(11-15)13-32)30-36(2,34)35)28-23(33)19-12-18(19)17-6-8-21(24(25,26)27)29-22(17)31-9-3-4-10-31/h5-8,11,14,18-19,30,32H,3-4,9-10,12-13H2,1-2H3,(H,28,33). The lowest BCUT2D eigenvalue weighted by Crippen LogP contribution is -2.29. The summed E-state index contributed by atoms with van der Waals surface area (Å²) in [5.74, 6) is -0.492. The molecule has 1 saturated carbocycles. The fourth-order valence-corrected chi connectivity index (χ4v) is 5.23. The molecule has 0 radical (unpaired) electrons. The molecule has 3 unspecified atom stereocenters. The van der Waals surface area contributed by atoms with Gasteiger partial charge in [-0.3, -0.25) is 9.52 Å². The van der Waals surface area contributed by atoms with Gasteiger partial charge in [0.15, 0.2) is 0 Å². The zero-order chi connectivity index (χ0) is 26.3. The molecule has 1 aromatic carbocycles. The van der Waals surface area contributed by atoms with E-state index < -0.39 is 34.5 Å². The molecule has 36 heavy (non-hydrogen) atoms. The van der Waals surface area contributed by atoms with E-state index in [0.29, 0.717) is 42.0 Å². The van der Waals surface area contributed by atoms with Crippen molar-refractivity contribution in [3.05, 3.63) is 52.7 Å². The second-order valence-electron chi connectivity index (χ2n) is 9.43. The van der Waals surface area contributed by atoms with Gasteiger partial charge in [0.25, 0.3) is 0 Å². The minimum absolute atomic E-state index is 0.211. The van der Waals surface area contributed by atoms with Crippen LogP contribution < -0.4 is 14.9 Å². The summed E-state index contributed by atoms with van der Waals surface area (Å²) in [5.41, 5.74) is 1.04. The van der Waals surface area contributed by atoms with Crippen molar-refractivity contribution in [3.63, 3.8) is 0 Å². The number of hydrogen-bond donors (Lipinski definition) is 3. The predicted octanol–water partition coefficient (Wildman–Crippen LogP) is 3.55. The van der Waals surface area contributed by atoms with E-state index in [4.69, 9.17) is 0 Å². The fourth-order valence-electron chi connectivity index (χ4n) is 4.63. The van der Waals surface area contributed by atoms with E-state index in [9.17, 15) is 31.5 Å². The van der Waals surface area contributed by atoms with E-state index in [2.05, 4.69) is 15.0 Å². The van der Waals surface area contributed by atoms with E-state index in [1.807, 2.05) is 4.90 Å². The Kier molecular flexibility index (Phi) is 7.20. The molecule has 3 N–H and O–H groups in total. The highest BCUT2D eigenvalue weighted by Crippen LogP contribution is 2.51. The quantitative estimate of drug-likeness (QED) is 0.485. The number of halogens is 3. The molecule has 196 valence electrons. The number of nitrogens with one attached hydrogen (secondary N) is 2. The van der Waals surface area contributed by atoms with Crippen molar-refractivity contribution >= 4 is 27.4 Å². The molecule has 2 fully saturated rings. The number of sulfonamides is 1. The molecule has 1 saturated heterocycles. The number of benzene rings is 1. The summed E-state index contributed by atoms with van der Waals surface area (Å²) in [4.78, 5) is 18.8. The predicted molar refractivity (Wildman–Crippen MR) is 129 cm³/mol. The minimum Gasteiger partial charge on any atom is -0.392 e. The number of carbonyl (C=O) groups is 1. The summed E-state index contributed by atoms with van der Waals surface area (Å²) < 4.78 is 65.2. The third kappa shape index (κ3) is 5.92. The van der Waals surface area contributed by atoms with Crippen LogP contribution in [0.25, 0.3) is 0 Å². The molecule has 2 heterocycles. The van der Waals surface area contributed by atoms with Gasteiger partial charge in [0.1, 0.15) is 11.5 Å². The SMILES string of the molecule is CC(NC(=O)C1CC1c1ccc(C(F)(F)F)nc1N1CCCC1)c1ccc(NS(C)(=O)=O)c(CO)c1. The van der Waals surface area contributed by atoms with Gasteiger partial charge >= 0.3 is 6.18 Å². The minimum atomic E-state index is -4.54. The lowest BCUT2D eigenvalue weighted by Gasteiger charge is -2.22. The van der Waals surface area contributed by atoms with Crippen LogP contribution in [0.15, 0.2) is 30.3 Å². The van der Waals surface area contributed by atoms with E-state index in [0.717, 1.165) is 25.2 Å². The number of nitrogens with zero attached hydrogens (tertiary/aromatic N) is 2. The smallest absolute Gasteiger partial charge is 0.392 e. The Bertz CT molecular complexity index is 1250. The Balaban J connectivity index is 1.48. The highest BCUT2D eigenvalue weighted by Gasteiger charge is 2.47. The van der Waals surface area contributed by atoms with Crippen molar-refractivity contribution < 1.29 is 31.5 Å². The molecule has 3 atom stereocenters. The third-order valence-electron chi connectivity index (χ3n) is 6.58. The maximum absolute atomic E-state index is 13.3. The molecule has 1 amide bonds. The topological polar surface area (TPSA) is 112 Å². The van der Waals surface area contributed by atoms with Crippen molar-refractivity contribution in [2.24, 2.45) is 5.92 Å². The number of alkyl halides is 3. The summed E-state index contributed by atoms with van der Waals surface area (Å²) in [6.07, 6.45) is -1.23. The summed E-state index contributed by atoms with van der Waals surface area (Å²) >= 11 is 0. The number of anilines is 2. The zero-order valence-electron chi connectivity index (χ0n) is 20.0. The Labute approximate surface area is 208 Å². The van der Waals surface area contributed by atoms with Gasteiger partial charge < -0.3 is 15.3 Å². The van der Waals surface area contributed by atoms with Crippen molar-refractivity contribution in [1.29, 1.82) is 0 Å². The number of carbonyl (C=O) groups excluding carboxylic acids is 1. The van der Waals surface area contributed by atoms with Crippen LogP contribution in [0.3, 0.4) is 0 Å². The lowest BCUT2D eigenvalue weighted by molar-refractivity contribution is -0.141. The third-order valence-corrected chi connectivity index (χ3v) is 7.17. The van der Waals surface area contributed by atoms with Crippen LogP contribution in [0.4, 0.5) is 24.7 Å². The van der Waals surface area contributed by atoms with Crippen LogP contribution in [-0.4, -0.2) is 43.8 Å². The van der Waals surface area contributed by atoms with Crippen molar-refractivity contribution in [3.8, 4) is 0 Å². The van der Waals surface area contributed by atoms with Crippen LogP contribution in [0, 0.1) is 5.92 Å². The van der Waals surface area contributed by atoms with Crippen LogP contribution in [0.5, 0.6) is 0 Å². The maximum Gasteiger partial charge on any atom is 0.433 e. The molecule has 1 aliphatic heterocycles. The summed E-state index contributed by atoms with van der Waals surface area (Å²) in [6.45, 7) is 2.65. The van der Waals surface area contributed by atoms with Gasteiger partial charge in [-0.15, -0.1) is 0 Å². The normalized spacial score (nSPS) is 20.8. The van der Waals surface area contributed by atoms with E-state index in [1.54, 1.807) is 19.1 Å². The van der Waals surface area contributed by atoms with E-state index in [1.165, 1.54) is 12.1 Å². The van der Waals surface area contributed by atoms with Crippen LogP contribution in [-0.2, 0) is 27.6 Å². The average molecular weight is 527 g/mol. The van der Waals surface area contributed by atoms with Gasteiger partial charge in [0.05, 0.1) is 24.6 Å². The Hall–Kier alpha value is -2.86. The second-order valence-corrected chi connectivity index (χ2v) is 11.2. The Morgan fingerprint density at radius 2 is 1.92 bits per heavy atom. The molecular weight excluding hydrogens is 497 g/mol. The monoisotopic (exact) mass is 526 g/mol. The van der Waals surface area contributed by atoms with Gasteiger partial charge in [-0.25, -0.2) is 13.4 Å². The summed E-state index contributed by atoms with van der Waals surface area (Å²) in [5, 5.41) is 12.6. The lowest BCUT2D eigenvalue weighted by atomic mass is 10.0. The first-order valence-electron chi connectivity index (χ1n) is 11.7. The van der Waals surface area contributed by atoms with Crippen molar-refractivity contribution in [2.75, 3.05) is 29.0 Å². The number of hydrogen-bond acceptors (Lipinski definition) is 6. The molecule has 4 rings (SSSR count). The number of pyridine rings is 1. The summed E-state index contributed by atoms with van der Waals surface area (Å²) in [7, 11) is -3.52. The number of amides is 1. The van der Waals surface area contributed by atoms with Gasteiger partial charge in [0.2, 0.25) is 15.9 Å². The molecule has 2 aromatic rings. The van der Waals surface area contributed by atoms with Gasteiger partial charge in [-0.2, -0.15) is 13.2 Å². The molecule has 8 nitrogen and oxygen atoms in total. The Morgan fingerprint density at radius 3 is 2.53 bits per heavy atom. The Morgan fingerprint density at radius 1 is 1.22 bits per heavy atom. The van der Waals surface area contributed by atoms with Gasteiger partial charge in [-0.05, 0) is 61.4 Å². The van der Waals surface area contributed by atoms with Crippen LogP contribution in [0.2, 0.25) is 0 Å².